The molecule has 0 fully saturated rings. The summed E-state index contributed by atoms with van der Waals surface area (Å²) in [6, 6.07) is 23.7. The molecule has 0 aliphatic carbocycles. The normalized spacial score (nSPS) is 12.5. The maximum absolute atomic E-state index is 12.0. The van der Waals surface area contributed by atoms with Crippen molar-refractivity contribution in [1.29, 1.82) is 0 Å². The van der Waals surface area contributed by atoms with Gasteiger partial charge in [0.25, 0.3) is 0 Å². The lowest BCUT2D eigenvalue weighted by Crippen LogP contribution is -2.37. The molecule has 186 valence electrons. The molecular weight excluding hydrogens is 456 g/mol. The third-order valence-corrected chi connectivity index (χ3v) is 6.17. The zero-order chi connectivity index (χ0) is 25.7. The first-order valence-electron chi connectivity index (χ1n) is 11.8. The second kappa shape index (κ2) is 10.9. The van der Waals surface area contributed by atoms with Crippen LogP contribution >= 0.6 is 0 Å². The highest BCUT2D eigenvalue weighted by Crippen LogP contribution is 2.22. The fraction of sp³-hybridized carbons (Fsp3) is 0.250. The molecule has 3 aromatic carbocycles. The summed E-state index contributed by atoms with van der Waals surface area (Å²) < 4.78 is 8.62. The average Bonchev–Trinajstić information content (AvgIpc) is 3.16. The second-order valence-electron chi connectivity index (χ2n) is 8.84. The van der Waals surface area contributed by atoms with Gasteiger partial charge in [-0.15, -0.1) is 4.99 Å². The first-order chi connectivity index (χ1) is 17.4. The van der Waals surface area contributed by atoms with E-state index < -0.39 is 12.2 Å². The maximum Gasteiger partial charge on any atom is 0.434 e. The zero-order valence-corrected chi connectivity index (χ0v) is 20.6. The third kappa shape index (κ3) is 5.66. The van der Waals surface area contributed by atoms with Gasteiger partial charge in [-0.25, -0.2) is 9.59 Å². The lowest BCUT2D eigenvalue weighted by atomic mass is 10.0. The number of carboxylic acid groups (broad SMARTS) is 1. The number of ether oxygens (including phenoxy) is 1. The number of aromatic nitrogens is 2. The fourth-order valence-corrected chi connectivity index (χ4v) is 4.36. The van der Waals surface area contributed by atoms with Gasteiger partial charge in [0.05, 0.1) is 30.7 Å². The van der Waals surface area contributed by atoms with E-state index in [4.69, 9.17) is 4.74 Å². The minimum atomic E-state index is -1.29. The van der Waals surface area contributed by atoms with Gasteiger partial charge in [-0.2, -0.15) is 0 Å². The van der Waals surface area contributed by atoms with Crippen molar-refractivity contribution >= 4 is 23.2 Å². The van der Waals surface area contributed by atoms with Crippen molar-refractivity contribution in [3.8, 4) is 0 Å². The number of rotatable bonds is 7. The van der Waals surface area contributed by atoms with E-state index >= 15 is 0 Å². The minimum Gasteiger partial charge on any atom is -0.463 e. The van der Waals surface area contributed by atoms with Crippen molar-refractivity contribution in [3.63, 3.8) is 0 Å². The van der Waals surface area contributed by atoms with Crippen LogP contribution in [0.15, 0.2) is 77.8 Å². The molecule has 0 aliphatic heterocycles. The lowest BCUT2D eigenvalue weighted by Gasteiger charge is -2.21. The van der Waals surface area contributed by atoms with Gasteiger partial charge in [0.15, 0.2) is 0 Å². The summed E-state index contributed by atoms with van der Waals surface area (Å²) in [7, 11) is 1.32. The van der Waals surface area contributed by atoms with Gasteiger partial charge in [0, 0.05) is 6.54 Å². The molecule has 4 aromatic rings. The van der Waals surface area contributed by atoms with E-state index in [9.17, 15) is 14.7 Å². The van der Waals surface area contributed by atoms with E-state index in [2.05, 4.69) is 10.3 Å². The fourth-order valence-electron chi connectivity index (χ4n) is 4.36. The minimum absolute atomic E-state index is 0.228. The highest BCUT2D eigenvalue weighted by atomic mass is 16.5. The van der Waals surface area contributed by atoms with Gasteiger partial charge in [0.1, 0.15) is 0 Å². The smallest absolute Gasteiger partial charge is 0.434 e. The molecule has 2 amide bonds. The molecule has 0 bridgehead atoms. The first kappa shape index (κ1) is 24.8. The topological polar surface area (TPSA) is 97.8 Å². The number of alkyl carbamates (subject to hydrolysis) is 1. The molecule has 36 heavy (non-hydrogen) atoms. The van der Waals surface area contributed by atoms with Crippen LogP contribution in [0.3, 0.4) is 0 Å². The Kier molecular flexibility index (Phi) is 7.53. The van der Waals surface area contributed by atoms with Crippen molar-refractivity contribution < 1.29 is 19.4 Å². The standard InChI is InChI=1S/C28H30N4O4/c1-19-8-12-21(13-9-19)16-23(17-29-28(35)36-3)32-25-7-5-4-6-24(25)31(26(32)30-27(33)34)18-22-14-10-20(2)11-15-22/h4-15,23H,16-18H2,1-3H3,(H,29,35)(H,33,34). The van der Waals surface area contributed by atoms with Crippen LogP contribution in [-0.2, 0) is 17.7 Å². The molecule has 0 saturated heterocycles. The first-order valence-corrected chi connectivity index (χ1v) is 11.8. The van der Waals surface area contributed by atoms with Crippen LogP contribution in [0, 0.1) is 13.8 Å². The lowest BCUT2D eigenvalue weighted by molar-refractivity contribution is 0.169. The van der Waals surface area contributed by atoms with Crippen LogP contribution in [0.5, 0.6) is 0 Å². The molecule has 1 heterocycles. The summed E-state index contributed by atoms with van der Waals surface area (Å²) in [5.41, 5.74) is 6.35. The number of nitrogens with zero attached hydrogens (tertiary/aromatic N) is 3. The number of hydrogen-bond acceptors (Lipinski definition) is 3. The number of fused-ring (bicyclic) bond motifs is 1. The molecule has 0 radical (unpaired) electrons. The van der Waals surface area contributed by atoms with Crippen LogP contribution in [0.25, 0.3) is 11.0 Å². The predicted molar refractivity (Wildman–Crippen MR) is 138 cm³/mol. The quantitative estimate of drug-likeness (QED) is 0.391. The summed E-state index contributed by atoms with van der Waals surface area (Å²) in [6.45, 7) is 4.73. The summed E-state index contributed by atoms with van der Waals surface area (Å²) in [5, 5.41) is 12.5. The summed E-state index contributed by atoms with van der Waals surface area (Å²) in [4.78, 5) is 27.9. The number of methoxy groups -OCH3 is 1. The Bertz CT molecular complexity index is 1430. The van der Waals surface area contributed by atoms with Gasteiger partial charge >= 0.3 is 12.2 Å². The SMILES string of the molecule is COC(=O)NCC(Cc1ccc(C)cc1)n1c(=NC(=O)O)n(Cc2ccc(C)cc2)c2ccccc21. The molecule has 2 N–H and O–H groups in total. The van der Waals surface area contributed by atoms with E-state index in [0.29, 0.717) is 18.6 Å². The number of aryl methyl sites for hydroxylation is 2. The number of carbonyl (C=O) groups excluding carboxylic acids is 1. The van der Waals surface area contributed by atoms with Crippen LogP contribution in [0.2, 0.25) is 0 Å². The monoisotopic (exact) mass is 486 g/mol. The number of para-hydroxylation sites is 2. The van der Waals surface area contributed by atoms with E-state index in [0.717, 1.165) is 33.3 Å². The molecular formula is C28H30N4O4. The number of amides is 2. The van der Waals surface area contributed by atoms with Gasteiger partial charge < -0.3 is 24.3 Å². The zero-order valence-electron chi connectivity index (χ0n) is 20.6. The van der Waals surface area contributed by atoms with Gasteiger partial charge in [0.2, 0.25) is 5.62 Å². The highest BCUT2D eigenvalue weighted by molar-refractivity contribution is 5.77. The van der Waals surface area contributed by atoms with Crippen LogP contribution in [0.4, 0.5) is 9.59 Å². The molecule has 1 unspecified atom stereocenters. The molecule has 0 aliphatic rings. The molecule has 0 saturated carbocycles. The molecule has 8 heteroatoms. The number of hydrogen-bond donors (Lipinski definition) is 2. The second-order valence-corrected chi connectivity index (χ2v) is 8.84. The Morgan fingerprint density at radius 3 is 2.08 bits per heavy atom. The molecule has 0 spiro atoms. The number of imidazole rings is 1. The van der Waals surface area contributed by atoms with E-state index in [1.54, 1.807) is 0 Å². The van der Waals surface area contributed by atoms with Gasteiger partial charge in [-0.3, -0.25) is 0 Å². The Hall–Kier alpha value is -4.33. The summed E-state index contributed by atoms with van der Waals surface area (Å²) in [5.74, 6) is 0. The van der Waals surface area contributed by atoms with Crippen molar-refractivity contribution in [2.24, 2.45) is 4.99 Å². The van der Waals surface area contributed by atoms with Gasteiger partial charge in [-0.05, 0) is 43.5 Å². The van der Waals surface area contributed by atoms with E-state index in [1.807, 2.05) is 95.8 Å². The Morgan fingerprint density at radius 1 is 0.917 bits per heavy atom. The number of carbonyl (C=O) groups is 2. The predicted octanol–water partition coefficient (Wildman–Crippen LogP) is 4.83. The van der Waals surface area contributed by atoms with Crippen molar-refractivity contribution in [2.45, 2.75) is 32.9 Å². The number of nitrogens with one attached hydrogen (secondary N) is 1. The largest absolute Gasteiger partial charge is 0.463 e. The van der Waals surface area contributed by atoms with Crippen LogP contribution in [0.1, 0.15) is 28.3 Å². The Balaban J connectivity index is 1.90. The molecule has 1 atom stereocenters. The molecule has 4 rings (SSSR count). The van der Waals surface area contributed by atoms with Crippen LogP contribution in [-0.4, -0.2) is 40.1 Å². The maximum atomic E-state index is 12.0. The summed E-state index contributed by atoms with van der Waals surface area (Å²) in [6.07, 6.45) is -1.29. The van der Waals surface area contributed by atoms with Crippen molar-refractivity contribution in [3.05, 3.63) is 101 Å². The molecule has 8 nitrogen and oxygen atoms in total. The summed E-state index contributed by atoms with van der Waals surface area (Å²) >= 11 is 0. The Morgan fingerprint density at radius 2 is 1.50 bits per heavy atom. The van der Waals surface area contributed by atoms with E-state index in [-0.39, 0.29) is 12.6 Å². The van der Waals surface area contributed by atoms with E-state index in [1.165, 1.54) is 7.11 Å². The van der Waals surface area contributed by atoms with Crippen LogP contribution < -0.4 is 10.9 Å². The number of benzene rings is 3. The van der Waals surface area contributed by atoms with Gasteiger partial charge in [-0.1, -0.05) is 71.8 Å². The third-order valence-electron chi connectivity index (χ3n) is 6.17. The average molecular weight is 487 g/mol. The highest BCUT2D eigenvalue weighted by Gasteiger charge is 2.22. The Labute approximate surface area is 209 Å². The van der Waals surface area contributed by atoms with Crippen molar-refractivity contribution in [1.82, 2.24) is 14.5 Å². The molecule has 1 aromatic heterocycles. The van der Waals surface area contributed by atoms with Crippen molar-refractivity contribution in [2.75, 3.05) is 13.7 Å².